The SMILES string of the molecule is CC(C)(C)c1cc(SSc2cc(C(C)(C)C)c(O)c(C(C)(C)C)c2)cc(C(C)(C)C)c1O. The van der Waals surface area contributed by atoms with E-state index in [2.05, 4.69) is 107 Å². The molecule has 0 fully saturated rings. The molecule has 0 atom stereocenters. The molecule has 0 aromatic heterocycles. The average Bonchev–Trinajstić information content (AvgIpc) is 2.57. The summed E-state index contributed by atoms with van der Waals surface area (Å²) in [5.74, 6) is 0.822. The van der Waals surface area contributed by atoms with Crippen molar-refractivity contribution < 1.29 is 10.2 Å². The highest BCUT2D eigenvalue weighted by Crippen LogP contribution is 2.48. The molecule has 0 aliphatic rings. The van der Waals surface area contributed by atoms with Gasteiger partial charge < -0.3 is 10.2 Å². The standard InChI is InChI=1S/C28H42O2S2/c1-25(2,3)19-13-17(14-20(23(19)29)26(4,5)6)31-32-18-15-21(27(7,8)9)24(30)22(16-18)28(10,11)12/h13-16,29-30H,1-12H3. The Labute approximate surface area is 204 Å². The van der Waals surface area contributed by atoms with Gasteiger partial charge in [0.15, 0.2) is 0 Å². The topological polar surface area (TPSA) is 40.5 Å². The molecular formula is C28H42O2S2. The first kappa shape index (κ1) is 27.0. The summed E-state index contributed by atoms with van der Waals surface area (Å²) in [6.07, 6.45) is 0. The van der Waals surface area contributed by atoms with Gasteiger partial charge in [0.1, 0.15) is 11.5 Å². The predicted octanol–water partition coefficient (Wildman–Crippen LogP) is 9.09. The normalized spacial score (nSPS) is 13.5. The van der Waals surface area contributed by atoms with Crippen molar-refractivity contribution in [3.05, 3.63) is 46.5 Å². The third kappa shape index (κ3) is 6.20. The molecule has 2 aromatic carbocycles. The maximum Gasteiger partial charge on any atom is 0.123 e. The van der Waals surface area contributed by atoms with Crippen molar-refractivity contribution in [2.24, 2.45) is 0 Å². The molecule has 2 nitrogen and oxygen atoms in total. The molecule has 0 unspecified atom stereocenters. The van der Waals surface area contributed by atoms with Crippen LogP contribution in [0, 0.1) is 0 Å². The molecule has 0 amide bonds. The number of phenols is 2. The molecule has 0 aliphatic carbocycles. The first-order valence-electron chi connectivity index (χ1n) is 11.3. The molecule has 178 valence electrons. The summed E-state index contributed by atoms with van der Waals surface area (Å²) in [5.41, 5.74) is 3.30. The quantitative estimate of drug-likeness (QED) is 0.435. The Hall–Kier alpha value is -1.26. The summed E-state index contributed by atoms with van der Waals surface area (Å²) in [6, 6.07) is 8.49. The lowest BCUT2D eigenvalue weighted by molar-refractivity contribution is 0.421. The minimum Gasteiger partial charge on any atom is -0.507 e. The van der Waals surface area contributed by atoms with E-state index in [1.165, 1.54) is 0 Å². The Morgan fingerprint density at radius 3 is 0.781 bits per heavy atom. The van der Waals surface area contributed by atoms with Crippen LogP contribution < -0.4 is 0 Å². The third-order valence-electron chi connectivity index (χ3n) is 5.63. The second-order valence-corrected chi connectivity index (χ2v) is 15.2. The lowest BCUT2D eigenvalue weighted by Crippen LogP contribution is -2.17. The van der Waals surface area contributed by atoms with Crippen molar-refractivity contribution in [1.82, 2.24) is 0 Å². The Morgan fingerprint density at radius 1 is 0.438 bits per heavy atom. The summed E-state index contributed by atoms with van der Waals surface area (Å²) < 4.78 is 0. The summed E-state index contributed by atoms with van der Waals surface area (Å²) in [7, 11) is 3.42. The van der Waals surface area contributed by atoms with Crippen LogP contribution in [-0.2, 0) is 21.7 Å². The molecule has 2 rings (SSSR count). The lowest BCUT2D eigenvalue weighted by atomic mass is 9.79. The fourth-order valence-corrected chi connectivity index (χ4v) is 5.71. The molecular weight excluding hydrogens is 432 g/mol. The van der Waals surface area contributed by atoms with E-state index in [-0.39, 0.29) is 21.7 Å². The van der Waals surface area contributed by atoms with Crippen molar-refractivity contribution in [3.63, 3.8) is 0 Å². The molecule has 0 heterocycles. The van der Waals surface area contributed by atoms with E-state index in [1.807, 2.05) is 0 Å². The number of rotatable bonds is 3. The van der Waals surface area contributed by atoms with Crippen LogP contribution in [-0.4, -0.2) is 10.2 Å². The van der Waals surface area contributed by atoms with Gasteiger partial charge in [-0.2, -0.15) is 0 Å². The highest BCUT2D eigenvalue weighted by Gasteiger charge is 2.28. The number of hydrogen-bond donors (Lipinski definition) is 2. The third-order valence-corrected chi connectivity index (χ3v) is 7.98. The highest BCUT2D eigenvalue weighted by molar-refractivity contribution is 8.76. The van der Waals surface area contributed by atoms with E-state index in [0.717, 1.165) is 32.0 Å². The largest absolute Gasteiger partial charge is 0.507 e. The highest BCUT2D eigenvalue weighted by atomic mass is 33.1. The van der Waals surface area contributed by atoms with Gasteiger partial charge in [-0.3, -0.25) is 0 Å². The van der Waals surface area contributed by atoms with E-state index in [9.17, 15) is 10.2 Å². The van der Waals surface area contributed by atoms with Crippen molar-refractivity contribution in [2.45, 2.75) is 115 Å². The smallest absolute Gasteiger partial charge is 0.123 e. The molecule has 32 heavy (non-hydrogen) atoms. The Bertz CT molecular complexity index is 827. The fourth-order valence-electron chi connectivity index (χ4n) is 3.70. The molecule has 2 aromatic rings. The molecule has 0 bridgehead atoms. The summed E-state index contributed by atoms with van der Waals surface area (Å²) in [4.78, 5) is 2.26. The van der Waals surface area contributed by atoms with Crippen LogP contribution in [0.3, 0.4) is 0 Å². The minimum atomic E-state index is -0.150. The van der Waals surface area contributed by atoms with Crippen molar-refractivity contribution >= 4 is 21.6 Å². The van der Waals surface area contributed by atoms with Crippen molar-refractivity contribution in [2.75, 3.05) is 0 Å². The van der Waals surface area contributed by atoms with Crippen LogP contribution in [0.15, 0.2) is 34.1 Å². The van der Waals surface area contributed by atoms with Crippen LogP contribution in [0.2, 0.25) is 0 Å². The van der Waals surface area contributed by atoms with E-state index in [4.69, 9.17) is 0 Å². The number of hydrogen-bond acceptors (Lipinski definition) is 4. The second kappa shape index (κ2) is 8.83. The first-order chi connectivity index (χ1) is 14.2. The molecule has 0 saturated heterocycles. The Kier molecular flexibility index (Phi) is 7.45. The van der Waals surface area contributed by atoms with Crippen LogP contribution >= 0.6 is 21.6 Å². The molecule has 0 spiro atoms. The van der Waals surface area contributed by atoms with Gasteiger partial charge in [0.05, 0.1) is 0 Å². The summed E-state index contributed by atoms with van der Waals surface area (Å²) >= 11 is 0. The predicted molar refractivity (Wildman–Crippen MR) is 143 cm³/mol. The van der Waals surface area contributed by atoms with Crippen LogP contribution in [0.25, 0.3) is 0 Å². The minimum absolute atomic E-state index is 0.150. The van der Waals surface area contributed by atoms with E-state index in [0.29, 0.717) is 11.5 Å². The van der Waals surface area contributed by atoms with Crippen LogP contribution in [0.5, 0.6) is 11.5 Å². The van der Waals surface area contributed by atoms with E-state index < -0.39 is 0 Å². The number of phenolic OH excluding ortho intramolecular Hbond substituents is 2. The summed E-state index contributed by atoms with van der Waals surface area (Å²) in [6.45, 7) is 25.7. The zero-order valence-corrected chi connectivity index (χ0v) is 23.7. The van der Waals surface area contributed by atoms with Gasteiger partial charge in [-0.25, -0.2) is 0 Å². The van der Waals surface area contributed by atoms with Gasteiger partial charge in [-0.05, 0) is 45.9 Å². The van der Waals surface area contributed by atoms with Gasteiger partial charge in [0, 0.05) is 32.0 Å². The molecule has 2 N–H and O–H groups in total. The molecule has 0 radical (unpaired) electrons. The molecule has 0 aliphatic heterocycles. The monoisotopic (exact) mass is 474 g/mol. The van der Waals surface area contributed by atoms with Gasteiger partial charge in [0.2, 0.25) is 0 Å². The molecule has 0 saturated carbocycles. The van der Waals surface area contributed by atoms with E-state index in [1.54, 1.807) is 21.6 Å². The van der Waals surface area contributed by atoms with Crippen molar-refractivity contribution in [1.29, 1.82) is 0 Å². The fraction of sp³-hybridized carbons (Fsp3) is 0.571. The van der Waals surface area contributed by atoms with Gasteiger partial charge in [-0.1, -0.05) is 105 Å². The lowest BCUT2D eigenvalue weighted by Gasteiger charge is -2.28. The Morgan fingerprint density at radius 2 is 0.625 bits per heavy atom. The van der Waals surface area contributed by atoms with E-state index >= 15 is 0 Å². The number of benzene rings is 2. The molecule has 4 heteroatoms. The first-order valence-corrected chi connectivity index (χ1v) is 13.5. The number of aromatic hydroxyl groups is 2. The average molecular weight is 475 g/mol. The van der Waals surface area contributed by atoms with Gasteiger partial charge >= 0.3 is 0 Å². The Balaban J connectivity index is 2.55. The van der Waals surface area contributed by atoms with Gasteiger partial charge in [-0.15, -0.1) is 0 Å². The summed E-state index contributed by atoms with van der Waals surface area (Å²) in [5, 5.41) is 22.0. The zero-order chi connectivity index (χ0) is 24.9. The maximum absolute atomic E-state index is 11.0. The zero-order valence-electron chi connectivity index (χ0n) is 22.0. The van der Waals surface area contributed by atoms with Crippen LogP contribution in [0.1, 0.15) is 105 Å². The second-order valence-electron chi connectivity index (χ2n) is 12.9. The van der Waals surface area contributed by atoms with Crippen molar-refractivity contribution in [3.8, 4) is 11.5 Å². The van der Waals surface area contributed by atoms with Gasteiger partial charge in [0.25, 0.3) is 0 Å². The maximum atomic E-state index is 11.0. The van der Waals surface area contributed by atoms with Crippen LogP contribution in [0.4, 0.5) is 0 Å².